The van der Waals surface area contributed by atoms with Crippen molar-refractivity contribution in [2.45, 2.75) is 18.9 Å². The average molecular weight is 414 g/mol. The first kappa shape index (κ1) is 21.7. The van der Waals surface area contributed by atoms with Crippen LogP contribution < -0.4 is 20.7 Å². The van der Waals surface area contributed by atoms with Gasteiger partial charge in [0.1, 0.15) is 11.5 Å². The van der Waals surface area contributed by atoms with Gasteiger partial charge in [0.2, 0.25) is 0 Å². The molecular weight excluding hydrogens is 382 g/mol. The summed E-state index contributed by atoms with van der Waals surface area (Å²) in [6.07, 6.45) is 4.16. The number of hydrogen-bond acceptors (Lipinski definition) is 5. The molecule has 0 saturated carbocycles. The molecule has 0 aliphatic carbocycles. The van der Waals surface area contributed by atoms with Crippen LogP contribution in [0.4, 0.5) is 0 Å². The minimum Gasteiger partial charge on any atom is -0.497 e. The van der Waals surface area contributed by atoms with Crippen molar-refractivity contribution in [1.29, 1.82) is 0 Å². The normalized spacial score (nSPS) is 15.6. The number of nitrogens with one attached hydrogen (secondary N) is 3. The summed E-state index contributed by atoms with van der Waals surface area (Å²) in [6, 6.07) is 11.2. The number of furan rings is 1. The molecule has 3 N–H and O–H groups in total. The van der Waals surface area contributed by atoms with Crippen LogP contribution in [0.2, 0.25) is 0 Å². The number of guanidine groups is 1. The zero-order valence-corrected chi connectivity index (χ0v) is 17.7. The molecule has 8 nitrogen and oxygen atoms in total. The molecule has 2 heterocycles. The zero-order valence-electron chi connectivity index (χ0n) is 17.7. The largest absolute Gasteiger partial charge is 0.497 e. The molecule has 1 aromatic carbocycles. The van der Waals surface area contributed by atoms with Crippen molar-refractivity contribution in [2.24, 2.45) is 4.99 Å². The third kappa shape index (κ3) is 6.00. The van der Waals surface area contributed by atoms with Crippen molar-refractivity contribution in [3.05, 3.63) is 54.0 Å². The Labute approximate surface area is 177 Å². The first-order chi connectivity index (χ1) is 14.7. The van der Waals surface area contributed by atoms with E-state index in [4.69, 9.17) is 9.15 Å². The minimum absolute atomic E-state index is 0.116. The van der Waals surface area contributed by atoms with E-state index in [1.54, 1.807) is 44.7 Å². The molecule has 3 rings (SSSR count). The van der Waals surface area contributed by atoms with Gasteiger partial charge in [0.15, 0.2) is 5.96 Å². The topological polar surface area (TPSA) is 91.1 Å². The summed E-state index contributed by atoms with van der Waals surface area (Å²) in [5, 5.41) is 9.52. The molecule has 1 aliphatic heterocycles. The first-order valence-electron chi connectivity index (χ1n) is 10.4. The number of methoxy groups -OCH3 is 1. The number of carbonyl (C=O) groups is 1. The molecule has 30 heavy (non-hydrogen) atoms. The maximum absolute atomic E-state index is 12.2. The van der Waals surface area contributed by atoms with Crippen molar-refractivity contribution < 1.29 is 13.9 Å². The van der Waals surface area contributed by atoms with E-state index in [1.165, 1.54) is 12.8 Å². The second-order valence-corrected chi connectivity index (χ2v) is 7.14. The van der Waals surface area contributed by atoms with Gasteiger partial charge in [-0.05, 0) is 62.3 Å². The lowest BCUT2D eigenvalue weighted by atomic mass is 10.2. The van der Waals surface area contributed by atoms with E-state index in [2.05, 4.69) is 25.8 Å². The van der Waals surface area contributed by atoms with Gasteiger partial charge in [0, 0.05) is 32.2 Å². The van der Waals surface area contributed by atoms with E-state index in [9.17, 15) is 4.79 Å². The molecule has 1 atom stereocenters. The highest BCUT2D eigenvalue weighted by atomic mass is 16.5. The Morgan fingerprint density at radius 3 is 2.50 bits per heavy atom. The Balaban J connectivity index is 1.42. The maximum Gasteiger partial charge on any atom is 0.251 e. The molecule has 1 fully saturated rings. The molecule has 0 bridgehead atoms. The third-order valence-electron chi connectivity index (χ3n) is 5.19. The van der Waals surface area contributed by atoms with Crippen molar-refractivity contribution in [1.82, 2.24) is 20.9 Å². The van der Waals surface area contributed by atoms with Gasteiger partial charge in [0.25, 0.3) is 5.91 Å². The van der Waals surface area contributed by atoms with Crippen LogP contribution in [0.3, 0.4) is 0 Å². The third-order valence-corrected chi connectivity index (χ3v) is 5.19. The summed E-state index contributed by atoms with van der Waals surface area (Å²) >= 11 is 0. The van der Waals surface area contributed by atoms with Gasteiger partial charge in [-0.1, -0.05) is 0 Å². The van der Waals surface area contributed by atoms with Crippen LogP contribution in [-0.2, 0) is 0 Å². The molecule has 162 valence electrons. The first-order valence-corrected chi connectivity index (χ1v) is 10.4. The van der Waals surface area contributed by atoms with E-state index in [0.29, 0.717) is 31.2 Å². The summed E-state index contributed by atoms with van der Waals surface area (Å²) in [5.74, 6) is 2.27. The summed E-state index contributed by atoms with van der Waals surface area (Å²) in [4.78, 5) is 18.9. The Morgan fingerprint density at radius 1 is 1.13 bits per heavy atom. The van der Waals surface area contributed by atoms with E-state index >= 15 is 0 Å². The second-order valence-electron chi connectivity index (χ2n) is 7.14. The van der Waals surface area contributed by atoms with Gasteiger partial charge in [-0.25, -0.2) is 0 Å². The maximum atomic E-state index is 12.2. The molecule has 1 unspecified atom stereocenters. The van der Waals surface area contributed by atoms with Crippen LogP contribution in [-0.4, -0.2) is 63.6 Å². The predicted molar refractivity (Wildman–Crippen MR) is 117 cm³/mol. The fraction of sp³-hybridized carbons (Fsp3) is 0.455. The SMILES string of the molecule is CN=C(NCCNC(=O)c1ccc(OC)cc1)NCC(c1ccco1)N1CCCC1. The van der Waals surface area contributed by atoms with Crippen LogP contribution in [0.15, 0.2) is 52.1 Å². The molecule has 1 aliphatic rings. The number of likely N-dealkylation sites (tertiary alicyclic amines) is 1. The highest BCUT2D eigenvalue weighted by Crippen LogP contribution is 2.24. The number of amides is 1. The van der Waals surface area contributed by atoms with Gasteiger partial charge in [0.05, 0.1) is 19.4 Å². The molecular formula is C22H31N5O3. The van der Waals surface area contributed by atoms with Gasteiger partial charge in [-0.15, -0.1) is 0 Å². The van der Waals surface area contributed by atoms with Crippen LogP contribution >= 0.6 is 0 Å². The summed E-state index contributed by atoms with van der Waals surface area (Å²) < 4.78 is 10.8. The van der Waals surface area contributed by atoms with Crippen molar-refractivity contribution >= 4 is 11.9 Å². The smallest absolute Gasteiger partial charge is 0.251 e. The van der Waals surface area contributed by atoms with Gasteiger partial charge < -0.3 is 25.1 Å². The van der Waals surface area contributed by atoms with E-state index in [1.807, 2.05) is 12.1 Å². The van der Waals surface area contributed by atoms with Crippen LogP contribution in [0.5, 0.6) is 5.75 Å². The zero-order chi connectivity index (χ0) is 21.2. The Bertz CT molecular complexity index is 799. The Kier molecular flexibility index (Phi) is 8.14. The fourth-order valence-electron chi connectivity index (χ4n) is 3.56. The minimum atomic E-state index is -0.116. The van der Waals surface area contributed by atoms with Gasteiger partial charge >= 0.3 is 0 Å². The van der Waals surface area contributed by atoms with Crippen molar-refractivity contribution in [3.8, 4) is 5.75 Å². The molecule has 1 aromatic heterocycles. The van der Waals surface area contributed by atoms with Crippen molar-refractivity contribution in [3.63, 3.8) is 0 Å². The van der Waals surface area contributed by atoms with Crippen LogP contribution in [0.1, 0.15) is 35.0 Å². The molecule has 0 spiro atoms. The van der Waals surface area contributed by atoms with E-state index < -0.39 is 0 Å². The monoisotopic (exact) mass is 413 g/mol. The van der Waals surface area contributed by atoms with E-state index in [-0.39, 0.29) is 11.9 Å². The van der Waals surface area contributed by atoms with Gasteiger partial charge in [-0.3, -0.25) is 14.7 Å². The number of nitrogens with zero attached hydrogens (tertiary/aromatic N) is 2. The lowest BCUT2D eigenvalue weighted by molar-refractivity contribution is 0.0954. The summed E-state index contributed by atoms with van der Waals surface area (Å²) in [7, 11) is 3.34. The summed E-state index contributed by atoms with van der Waals surface area (Å²) in [6.45, 7) is 3.91. The van der Waals surface area contributed by atoms with Crippen LogP contribution in [0.25, 0.3) is 0 Å². The lowest BCUT2D eigenvalue weighted by Gasteiger charge is -2.26. The molecule has 8 heteroatoms. The number of benzene rings is 1. The number of rotatable bonds is 9. The molecule has 1 saturated heterocycles. The number of hydrogen-bond donors (Lipinski definition) is 3. The van der Waals surface area contributed by atoms with Gasteiger partial charge in [-0.2, -0.15) is 0 Å². The predicted octanol–water partition coefficient (Wildman–Crippen LogP) is 2.02. The number of aliphatic imine (C=N–C) groups is 1. The Hall–Kier alpha value is -3.00. The number of ether oxygens (including phenoxy) is 1. The van der Waals surface area contributed by atoms with E-state index in [0.717, 1.165) is 24.6 Å². The standard InChI is InChI=1S/C22H31N5O3/c1-23-22(25-12-11-24-21(28)17-7-9-18(29-2)10-8-17)26-16-19(20-6-5-15-30-20)27-13-3-4-14-27/h5-10,15,19H,3-4,11-14,16H2,1-2H3,(H,24,28)(H2,23,25,26). The highest BCUT2D eigenvalue weighted by molar-refractivity contribution is 5.94. The molecule has 1 amide bonds. The highest BCUT2D eigenvalue weighted by Gasteiger charge is 2.25. The fourth-order valence-corrected chi connectivity index (χ4v) is 3.56. The van der Waals surface area contributed by atoms with Crippen molar-refractivity contribution in [2.75, 3.05) is 46.9 Å². The average Bonchev–Trinajstić information content (AvgIpc) is 3.50. The van der Waals surface area contributed by atoms with Crippen LogP contribution in [0, 0.1) is 0 Å². The summed E-state index contributed by atoms with van der Waals surface area (Å²) in [5.41, 5.74) is 0.602. The molecule has 2 aromatic rings. The lowest BCUT2D eigenvalue weighted by Crippen LogP contribution is -2.44. The number of carbonyl (C=O) groups excluding carboxylic acids is 1. The Morgan fingerprint density at radius 2 is 1.87 bits per heavy atom. The molecule has 0 radical (unpaired) electrons. The second kappa shape index (κ2) is 11.3. The quantitative estimate of drug-likeness (QED) is 0.331.